The lowest BCUT2D eigenvalue weighted by Gasteiger charge is -2.23. The maximum atomic E-state index is 10.8. The lowest BCUT2D eigenvalue weighted by molar-refractivity contribution is -0.119. The van der Waals surface area contributed by atoms with Crippen LogP contribution in [0.3, 0.4) is 0 Å². The smallest absolute Gasteiger partial charge is 0.235 e. The first-order valence-corrected chi connectivity index (χ1v) is 4.42. The van der Waals surface area contributed by atoms with Gasteiger partial charge in [0.2, 0.25) is 5.91 Å². The van der Waals surface area contributed by atoms with Crippen LogP contribution >= 0.6 is 11.6 Å². The van der Waals surface area contributed by atoms with Gasteiger partial charge in [-0.25, -0.2) is 0 Å². The van der Waals surface area contributed by atoms with Crippen molar-refractivity contribution < 1.29 is 4.79 Å². The summed E-state index contributed by atoms with van der Waals surface area (Å²) in [5, 5.41) is 6.04. The van der Waals surface area contributed by atoms with E-state index in [4.69, 9.17) is 11.6 Å². The fraction of sp³-hybridized carbons (Fsp3) is 0.857. The van der Waals surface area contributed by atoms with Gasteiger partial charge in [-0.2, -0.15) is 0 Å². The summed E-state index contributed by atoms with van der Waals surface area (Å²) in [6.07, 6.45) is 2.20. The van der Waals surface area contributed by atoms with E-state index in [1.807, 2.05) is 0 Å². The molecular weight excluding hydrogens is 164 g/mol. The molecule has 1 fully saturated rings. The maximum absolute atomic E-state index is 10.8. The molecule has 1 amide bonds. The van der Waals surface area contributed by atoms with E-state index < -0.39 is 0 Å². The largest absolute Gasteiger partial charge is 0.351 e. The number of hydrogen-bond donors (Lipinski definition) is 2. The van der Waals surface area contributed by atoms with Crippen LogP contribution in [0.15, 0.2) is 0 Å². The Morgan fingerprint density at radius 1 is 1.73 bits per heavy atom. The highest BCUT2D eigenvalue weighted by Gasteiger charge is 2.13. The highest BCUT2D eigenvalue weighted by atomic mass is 35.5. The van der Waals surface area contributed by atoms with E-state index in [2.05, 4.69) is 10.6 Å². The molecule has 11 heavy (non-hydrogen) atoms. The van der Waals surface area contributed by atoms with Crippen LogP contribution < -0.4 is 10.6 Å². The molecule has 1 saturated heterocycles. The topological polar surface area (TPSA) is 41.1 Å². The molecule has 1 atom stereocenters. The van der Waals surface area contributed by atoms with Gasteiger partial charge < -0.3 is 10.6 Å². The molecule has 0 aromatic carbocycles. The average molecular weight is 177 g/mol. The molecular formula is C7H13ClN2O. The zero-order valence-corrected chi connectivity index (χ0v) is 7.16. The van der Waals surface area contributed by atoms with Crippen molar-refractivity contribution in [3.8, 4) is 0 Å². The molecule has 0 aliphatic carbocycles. The second kappa shape index (κ2) is 4.57. The number of halogens is 1. The predicted molar refractivity (Wildman–Crippen MR) is 44.8 cm³/mol. The molecule has 2 N–H and O–H groups in total. The predicted octanol–water partition coefficient (Wildman–Crippen LogP) is 0.0934. The molecule has 0 aromatic heterocycles. The van der Waals surface area contributed by atoms with Crippen molar-refractivity contribution in [3.05, 3.63) is 0 Å². The van der Waals surface area contributed by atoms with E-state index in [9.17, 15) is 4.79 Å². The average Bonchev–Trinajstić information content (AvgIpc) is 2.06. The Balaban J connectivity index is 2.19. The highest BCUT2D eigenvalue weighted by molar-refractivity contribution is 6.27. The zero-order chi connectivity index (χ0) is 8.10. The number of alkyl halides is 1. The number of nitrogens with one attached hydrogen (secondary N) is 2. The SMILES string of the molecule is O=C(CCl)N[C@@H]1CCCNC1. The van der Waals surface area contributed by atoms with Gasteiger partial charge in [0.1, 0.15) is 5.88 Å². The van der Waals surface area contributed by atoms with Gasteiger partial charge in [0.05, 0.1) is 0 Å². The van der Waals surface area contributed by atoms with Crippen molar-refractivity contribution in [2.45, 2.75) is 18.9 Å². The van der Waals surface area contributed by atoms with Gasteiger partial charge in [0, 0.05) is 12.6 Å². The fourth-order valence-electron chi connectivity index (χ4n) is 1.24. The van der Waals surface area contributed by atoms with Gasteiger partial charge in [0.25, 0.3) is 0 Å². The molecule has 0 unspecified atom stereocenters. The van der Waals surface area contributed by atoms with E-state index in [1.54, 1.807) is 0 Å². The first kappa shape index (κ1) is 8.81. The van der Waals surface area contributed by atoms with Gasteiger partial charge in [-0.1, -0.05) is 0 Å². The fourth-order valence-corrected chi connectivity index (χ4v) is 1.32. The van der Waals surface area contributed by atoms with Gasteiger partial charge >= 0.3 is 0 Å². The lowest BCUT2D eigenvalue weighted by Crippen LogP contribution is -2.46. The minimum Gasteiger partial charge on any atom is -0.351 e. The molecule has 64 valence electrons. The molecule has 0 saturated carbocycles. The molecule has 0 aromatic rings. The van der Waals surface area contributed by atoms with Gasteiger partial charge in [-0.15, -0.1) is 11.6 Å². The van der Waals surface area contributed by atoms with Crippen molar-refractivity contribution in [1.29, 1.82) is 0 Å². The summed E-state index contributed by atoms with van der Waals surface area (Å²) >= 11 is 5.34. The summed E-state index contributed by atoms with van der Waals surface area (Å²) in [6.45, 7) is 1.94. The minimum absolute atomic E-state index is 0.0660. The van der Waals surface area contributed by atoms with Gasteiger partial charge in [-0.3, -0.25) is 4.79 Å². The van der Waals surface area contributed by atoms with Crippen LogP contribution in [0.25, 0.3) is 0 Å². The first-order chi connectivity index (χ1) is 5.33. The summed E-state index contributed by atoms with van der Waals surface area (Å²) < 4.78 is 0. The molecule has 1 rings (SSSR count). The molecule has 0 radical (unpaired) electrons. The number of carbonyl (C=O) groups excluding carboxylic acids is 1. The Morgan fingerprint density at radius 3 is 3.09 bits per heavy atom. The third-order valence-electron chi connectivity index (χ3n) is 1.78. The minimum atomic E-state index is -0.0691. The lowest BCUT2D eigenvalue weighted by atomic mass is 10.1. The standard InChI is InChI=1S/C7H13ClN2O/c8-4-7(11)10-6-2-1-3-9-5-6/h6,9H,1-5H2,(H,10,11)/t6-/m1/s1. The molecule has 1 aliphatic heterocycles. The summed E-state index contributed by atoms with van der Waals surface area (Å²) in [7, 11) is 0. The van der Waals surface area contributed by atoms with E-state index >= 15 is 0 Å². The Kier molecular flexibility index (Phi) is 3.66. The zero-order valence-electron chi connectivity index (χ0n) is 6.40. The monoisotopic (exact) mass is 176 g/mol. The molecule has 4 heteroatoms. The molecule has 3 nitrogen and oxygen atoms in total. The van der Waals surface area contributed by atoms with Crippen molar-refractivity contribution in [2.24, 2.45) is 0 Å². The number of piperidine rings is 1. The van der Waals surface area contributed by atoms with Crippen LogP contribution in [-0.4, -0.2) is 30.9 Å². The Morgan fingerprint density at radius 2 is 2.55 bits per heavy atom. The van der Waals surface area contributed by atoms with Crippen molar-refractivity contribution in [2.75, 3.05) is 19.0 Å². The Labute approximate surface area is 71.5 Å². The summed E-state index contributed by atoms with van der Waals surface area (Å²) in [6, 6.07) is 0.287. The van der Waals surface area contributed by atoms with Crippen LogP contribution in [-0.2, 0) is 4.79 Å². The second-order valence-corrected chi connectivity index (χ2v) is 3.01. The number of amides is 1. The Hall–Kier alpha value is -0.280. The Bertz CT molecular complexity index is 134. The molecule has 1 heterocycles. The normalized spacial score (nSPS) is 24.6. The van der Waals surface area contributed by atoms with Crippen LogP contribution in [0.2, 0.25) is 0 Å². The highest BCUT2D eigenvalue weighted by Crippen LogP contribution is 2.00. The van der Waals surface area contributed by atoms with E-state index in [0.29, 0.717) is 0 Å². The van der Waals surface area contributed by atoms with Crippen LogP contribution in [0.1, 0.15) is 12.8 Å². The first-order valence-electron chi connectivity index (χ1n) is 3.89. The number of rotatable bonds is 2. The summed E-state index contributed by atoms with van der Waals surface area (Å²) in [4.78, 5) is 10.8. The van der Waals surface area contributed by atoms with Crippen molar-refractivity contribution in [3.63, 3.8) is 0 Å². The van der Waals surface area contributed by atoms with E-state index in [0.717, 1.165) is 25.9 Å². The molecule has 0 bridgehead atoms. The van der Waals surface area contributed by atoms with Crippen LogP contribution in [0.4, 0.5) is 0 Å². The van der Waals surface area contributed by atoms with Crippen molar-refractivity contribution in [1.82, 2.24) is 10.6 Å². The third kappa shape index (κ3) is 3.08. The van der Waals surface area contributed by atoms with E-state index in [-0.39, 0.29) is 17.8 Å². The van der Waals surface area contributed by atoms with Gasteiger partial charge in [0.15, 0.2) is 0 Å². The second-order valence-electron chi connectivity index (χ2n) is 2.74. The van der Waals surface area contributed by atoms with Gasteiger partial charge in [-0.05, 0) is 19.4 Å². The summed E-state index contributed by atoms with van der Waals surface area (Å²) in [5.74, 6) is -0.00313. The van der Waals surface area contributed by atoms with Crippen molar-refractivity contribution >= 4 is 17.5 Å². The van der Waals surface area contributed by atoms with Crippen LogP contribution in [0, 0.1) is 0 Å². The molecule has 0 spiro atoms. The maximum Gasteiger partial charge on any atom is 0.235 e. The van der Waals surface area contributed by atoms with E-state index in [1.165, 1.54) is 0 Å². The third-order valence-corrected chi connectivity index (χ3v) is 2.03. The number of hydrogen-bond acceptors (Lipinski definition) is 2. The summed E-state index contributed by atoms with van der Waals surface area (Å²) in [5.41, 5.74) is 0. The number of carbonyl (C=O) groups is 1. The van der Waals surface area contributed by atoms with Crippen LogP contribution in [0.5, 0.6) is 0 Å². The quantitative estimate of drug-likeness (QED) is 0.586. The molecule has 1 aliphatic rings.